The molecule has 4 nitrogen and oxygen atoms in total. The van der Waals surface area contributed by atoms with Crippen molar-refractivity contribution in [1.29, 1.82) is 0 Å². The molecule has 1 N–H and O–H groups in total. The summed E-state index contributed by atoms with van der Waals surface area (Å²) in [5.74, 6) is -0.747. The number of carboxylic acid groups (broad SMARTS) is 1. The summed E-state index contributed by atoms with van der Waals surface area (Å²) in [4.78, 5) is 15.3. The van der Waals surface area contributed by atoms with Gasteiger partial charge in [-0.3, -0.25) is 0 Å². The molecule has 2 rings (SSSR count). The number of carbonyl (C=O) groups is 1. The lowest BCUT2D eigenvalue weighted by molar-refractivity contribution is 0.0690. The smallest absolute Gasteiger partial charge is 0.357 e. The highest BCUT2D eigenvalue weighted by Crippen LogP contribution is 2.34. The van der Waals surface area contributed by atoms with Gasteiger partial charge < -0.3 is 9.52 Å². The van der Waals surface area contributed by atoms with Crippen LogP contribution in [0.3, 0.4) is 0 Å². The number of aromatic nitrogens is 1. The molecule has 0 radical (unpaired) electrons. The van der Waals surface area contributed by atoms with E-state index in [-0.39, 0.29) is 5.69 Å². The Morgan fingerprint density at radius 3 is 2.87 bits per heavy atom. The number of aryl methyl sites for hydroxylation is 1. The molecule has 0 aliphatic carbocycles. The van der Waals surface area contributed by atoms with Crippen molar-refractivity contribution in [2.45, 2.75) is 6.92 Å². The fourth-order valence-electron chi connectivity index (χ4n) is 1.05. The quantitative estimate of drug-likeness (QED) is 0.921. The van der Waals surface area contributed by atoms with Gasteiger partial charge in [0.1, 0.15) is 6.26 Å². The number of aromatic carboxylic acids is 1. The Kier molecular flexibility index (Phi) is 2.62. The summed E-state index contributed by atoms with van der Waals surface area (Å²) >= 11 is 4.84. The topological polar surface area (TPSA) is 63.3 Å². The number of halogens is 1. The zero-order chi connectivity index (χ0) is 11.0. The summed E-state index contributed by atoms with van der Waals surface area (Å²) in [6, 6.07) is 1.90. The third-order valence-corrected chi connectivity index (χ3v) is 3.92. The Morgan fingerprint density at radius 2 is 2.40 bits per heavy atom. The normalized spacial score (nSPS) is 10.5. The summed E-state index contributed by atoms with van der Waals surface area (Å²) in [6.45, 7) is 1.95. The highest BCUT2D eigenvalue weighted by atomic mass is 79.9. The van der Waals surface area contributed by atoms with Gasteiger partial charge in [0.2, 0.25) is 5.89 Å². The molecule has 0 amide bonds. The summed E-state index contributed by atoms with van der Waals surface area (Å²) < 4.78 is 6.07. The molecule has 0 aromatic carbocycles. The van der Waals surface area contributed by atoms with Crippen LogP contribution in [0.5, 0.6) is 0 Å². The summed E-state index contributed by atoms with van der Waals surface area (Å²) in [7, 11) is 0. The number of oxazole rings is 1. The highest BCUT2D eigenvalue weighted by Gasteiger charge is 2.14. The number of rotatable bonds is 2. The lowest BCUT2D eigenvalue weighted by atomic mass is 10.3. The second-order valence-electron chi connectivity index (χ2n) is 2.91. The number of nitrogens with zero attached hydrogens (tertiary/aromatic N) is 1. The van der Waals surface area contributed by atoms with Crippen molar-refractivity contribution >= 4 is 33.2 Å². The first-order valence-electron chi connectivity index (χ1n) is 4.03. The molecule has 0 saturated carbocycles. The van der Waals surface area contributed by atoms with Crippen LogP contribution in [0.15, 0.2) is 20.5 Å². The van der Waals surface area contributed by atoms with Gasteiger partial charge in [-0.2, -0.15) is 0 Å². The standard InChI is InChI=1S/C9H6BrNO3S/c1-4-2-6(15-7(4)10)8-11-5(3-14-8)9(12)13/h2-3H,1H3,(H,12,13). The second-order valence-corrected chi connectivity index (χ2v) is 5.28. The molecule has 0 saturated heterocycles. The van der Waals surface area contributed by atoms with Gasteiger partial charge in [0.25, 0.3) is 0 Å². The molecule has 78 valence electrons. The van der Waals surface area contributed by atoms with Crippen LogP contribution in [0.2, 0.25) is 0 Å². The fourth-order valence-corrected chi connectivity index (χ4v) is 2.52. The monoisotopic (exact) mass is 287 g/mol. The van der Waals surface area contributed by atoms with Gasteiger partial charge in [0, 0.05) is 0 Å². The molecular formula is C9H6BrNO3S. The molecular weight excluding hydrogens is 282 g/mol. The lowest BCUT2D eigenvalue weighted by Gasteiger charge is -1.84. The largest absolute Gasteiger partial charge is 0.476 e. The molecule has 0 aliphatic heterocycles. The molecule has 0 aliphatic rings. The fraction of sp³-hybridized carbons (Fsp3) is 0.111. The van der Waals surface area contributed by atoms with Crippen molar-refractivity contribution in [2.75, 3.05) is 0 Å². The van der Waals surface area contributed by atoms with E-state index in [0.717, 1.165) is 20.5 Å². The Labute approximate surface area is 97.7 Å². The summed E-state index contributed by atoms with van der Waals surface area (Å²) in [5, 5.41) is 8.68. The Hall–Kier alpha value is -1.14. The van der Waals surface area contributed by atoms with E-state index in [1.807, 2.05) is 13.0 Å². The first-order chi connectivity index (χ1) is 7.08. The van der Waals surface area contributed by atoms with Gasteiger partial charge in [0.05, 0.1) is 8.66 Å². The number of hydrogen-bond acceptors (Lipinski definition) is 4. The molecule has 2 aromatic heterocycles. The molecule has 0 atom stereocenters. The van der Waals surface area contributed by atoms with E-state index < -0.39 is 5.97 Å². The van der Waals surface area contributed by atoms with Crippen LogP contribution in [0.25, 0.3) is 10.8 Å². The van der Waals surface area contributed by atoms with E-state index in [0.29, 0.717) is 5.89 Å². The Bertz CT molecular complexity index is 498. The first kappa shape index (κ1) is 10.4. The van der Waals surface area contributed by atoms with E-state index in [1.54, 1.807) is 0 Å². The van der Waals surface area contributed by atoms with Crippen molar-refractivity contribution in [1.82, 2.24) is 4.98 Å². The lowest BCUT2D eigenvalue weighted by Crippen LogP contribution is -1.95. The molecule has 0 fully saturated rings. The zero-order valence-electron chi connectivity index (χ0n) is 7.65. The predicted octanol–water partition coefficient (Wildman–Crippen LogP) is 3.17. The first-order valence-corrected chi connectivity index (χ1v) is 5.64. The van der Waals surface area contributed by atoms with E-state index in [4.69, 9.17) is 9.52 Å². The average molecular weight is 288 g/mol. The molecule has 2 aromatic rings. The van der Waals surface area contributed by atoms with Crippen LogP contribution in [0, 0.1) is 6.92 Å². The zero-order valence-corrected chi connectivity index (χ0v) is 10.1. The van der Waals surface area contributed by atoms with Gasteiger partial charge in [-0.15, -0.1) is 11.3 Å². The Balaban J connectivity index is 2.41. The van der Waals surface area contributed by atoms with Gasteiger partial charge in [-0.1, -0.05) is 0 Å². The molecule has 0 unspecified atom stereocenters. The van der Waals surface area contributed by atoms with Crippen molar-refractivity contribution in [3.05, 3.63) is 27.4 Å². The minimum atomic E-state index is -1.09. The van der Waals surface area contributed by atoms with Gasteiger partial charge in [0.15, 0.2) is 5.69 Å². The van der Waals surface area contributed by atoms with Crippen LogP contribution in [0.1, 0.15) is 16.1 Å². The predicted molar refractivity (Wildman–Crippen MR) is 59.2 cm³/mol. The minimum absolute atomic E-state index is 0.0767. The molecule has 0 bridgehead atoms. The van der Waals surface area contributed by atoms with Gasteiger partial charge in [-0.05, 0) is 34.5 Å². The molecule has 0 spiro atoms. The van der Waals surface area contributed by atoms with Crippen LogP contribution in [-0.4, -0.2) is 16.1 Å². The molecule has 6 heteroatoms. The van der Waals surface area contributed by atoms with Crippen molar-refractivity contribution in [2.24, 2.45) is 0 Å². The third kappa shape index (κ3) is 1.95. The van der Waals surface area contributed by atoms with Crippen molar-refractivity contribution in [3.8, 4) is 10.8 Å². The van der Waals surface area contributed by atoms with Gasteiger partial charge in [-0.25, -0.2) is 9.78 Å². The van der Waals surface area contributed by atoms with E-state index in [9.17, 15) is 4.79 Å². The van der Waals surface area contributed by atoms with Crippen molar-refractivity contribution < 1.29 is 14.3 Å². The molecule has 15 heavy (non-hydrogen) atoms. The summed E-state index contributed by atoms with van der Waals surface area (Å²) in [5.41, 5.74) is 0.997. The van der Waals surface area contributed by atoms with E-state index in [2.05, 4.69) is 20.9 Å². The number of hydrogen-bond donors (Lipinski definition) is 1. The average Bonchev–Trinajstić information content (AvgIpc) is 2.74. The van der Waals surface area contributed by atoms with E-state index >= 15 is 0 Å². The van der Waals surface area contributed by atoms with Crippen LogP contribution < -0.4 is 0 Å². The summed E-state index contributed by atoms with van der Waals surface area (Å²) in [6.07, 6.45) is 1.14. The number of carboxylic acids is 1. The third-order valence-electron chi connectivity index (χ3n) is 1.79. The SMILES string of the molecule is Cc1cc(-c2nc(C(=O)O)co2)sc1Br. The van der Waals surface area contributed by atoms with Crippen LogP contribution in [-0.2, 0) is 0 Å². The van der Waals surface area contributed by atoms with E-state index in [1.165, 1.54) is 11.3 Å². The van der Waals surface area contributed by atoms with Crippen LogP contribution in [0.4, 0.5) is 0 Å². The maximum Gasteiger partial charge on any atom is 0.357 e. The maximum absolute atomic E-state index is 10.6. The maximum atomic E-state index is 10.6. The van der Waals surface area contributed by atoms with Gasteiger partial charge >= 0.3 is 5.97 Å². The Morgan fingerprint density at radius 1 is 1.67 bits per heavy atom. The van der Waals surface area contributed by atoms with Crippen molar-refractivity contribution in [3.63, 3.8) is 0 Å². The highest BCUT2D eigenvalue weighted by molar-refractivity contribution is 9.11. The number of thiophene rings is 1. The molecule has 2 heterocycles. The van der Waals surface area contributed by atoms with Crippen LogP contribution >= 0.6 is 27.3 Å². The minimum Gasteiger partial charge on any atom is -0.476 e. The second kappa shape index (κ2) is 3.79.